The van der Waals surface area contributed by atoms with Gasteiger partial charge < -0.3 is 10.4 Å². The van der Waals surface area contributed by atoms with Gasteiger partial charge in [0.25, 0.3) is 0 Å². The van der Waals surface area contributed by atoms with E-state index in [0.29, 0.717) is 24.5 Å². The maximum Gasteiger partial charge on any atom is 0.225 e. The van der Waals surface area contributed by atoms with Crippen molar-refractivity contribution < 1.29 is 9.90 Å². The molecule has 0 bridgehead atoms. The van der Waals surface area contributed by atoms with Gasteiger partial charge in [0.15, 0.2) is 0 Å². The number of carbonyl (C=O) groups is 1. The van der Waals surface area contributed by atoms with Gasteiger partial charge in [-0.05, 0) is 19.5 Å². The molecule has 1 amide bonds. The fourth-order valence-corrected chi connectivity index (χ4v) is 1.55. The summed E-state index contributed by atoms with van der Waals surface area (Å²) in [5.41, 5.74) is 1.44. The van der Waals surface area contributed by atoms with Gasteiger partial charge in [-0.3, -0.25) is 14.7 Å². The normalized spacial score (nSPS) is 13.1. The summed E-state index contributed by atoms with van der Waals surface area (Å²) in [5.74, 6) is 0.395. The first-order chi connectivity index (χ1) is 8.53. The molecule has 18 heavy (non-hydrogen) atoms. The SMILES string of the molecule is C=C/C(C)=C(/CO)C(=NC)N(CCNC)C(C)=O. The van der Waals surface area contributed by atoms with E-state index in [1.165, 1.54) is 6.92 Å². The molecule has 0 spiro atoms. The molecule has 0 unspecified atom stereocenters. The standard InChI is InChI=1S/C13H23N3O2/c1-6-10(2)12(9-17)13(15-5)16(11(3)18)8-7-14-4/h6,14,17H,1,7-9H2,2-5H3/b12-10-,15-13?. The van der Waals surface area contributed by atoms with Gasteiger partial charge in [-0.2, -0.15) is 0 Å². The minimum atomic E-state index is -0.173. The lowest BCUT2D eigenvalue weighted by atomic mass is 10.1. The van der Waals surface area contributed by atoms with Crippen molar-refractivity contribution in [2.24, 2.45) is 4.99 Å². The van der Waals surface area contributed by atoms with Crippen LogP contribution in [0.5, 0.6) is 0 Å². The zero-order valence-electron chi connectivity index (χ0n) is 11.7. The Morgan fingerprint density at radius 3 is 2.44 bits per heavy atom. The number of amides is 1. The molecule has 102 valence electrons. The molecule has 0 fully saturated rings. The number of aliphatic imine (C=N–C) groups is 1. The van der Waals surface area contributed by atoms with Gasteiger partial charge >= 0.3 is 0 Å². The van der Waals surface area contributed by atoms with E-state index < -0.39 is 0 Å². The third-order valence-electron chi connectivity index (χ3n) is 2.64. The molecule has 5 heteroatoms. The maximum absolute atomic E-state index is 11.7. The second-order valence-corrected chi connectivity index (χ2v) is 3.85. The first-order valence-corrected chi connectivity index (χ1v) is 5.86. The molecule has 0 radical (unpaired) electrons. The zero-order chi connectivity index (χ0) is 14.1. The minimum Gasteiger partial charge on any atom is -0.392 e. The fraction of sp³-hybridized carbons (Fsp3) is 0.538. The highest BCUT2D eigenvalue weighted by Gasteiger charge is 2.19. The van der Waals surface area contributed by atoms with E-state index in [0.717, 1.165) is 5.57 Å². The largest absolute Gasteiger partial charge is 0.392 e. The van der Waals surface area contributed by atoms with E-state index in [1.807, 2.05) is 14.0 Å². The molecular formula is C13H23N3O2. The number of aliphatic hydroxyl groups excluding tert-OH is 1. The van der Waals surface area contributed by atoms with E-state index in [2.05, 4.69) is 16.9 Å². The van der Waals surface area contributed by atoms with Gasteiger partial charge in [-0.1, -0.05) is 12.7 Å². The lowest BCUT2D eigenvalue weighted by Crippen LogP contribution is -2.41. The van der Waals surface area contributed by atoms with Crippen LogP contribution in [0.3, 0.4) is 0 Å². The summed E-state index contributed by atoms with van der Waals surface area (Å²) in [5, 5.41) is 12.4. The van der Waals surface area contributed by atoms with Gasteiger partial charge in [0.2, 0.25) is 5.91 Å². The Kier molecular flexibility index (Phi) is 7.91. The van der Waals surface area contributed by atoms with Crippen molar-refractivity contribution in [3.63, 3.8) is 0 Å². The van der Waals surface area contributed by atoms with Crippen molar-refractivity contribution in [1.82, 2.24) is 10.2 Å². The fourth-order valence-electron chi connectivity index (χ4n) is 1.55. The van der Waals surface area contributed by atoms with Crippen LogP contribution in [-0.2, 0) is 4.79 Å². The highest BCUT2D eigenvalue weighted by Crippen LogP contribution is 2.11. The van der Waals surface area contributed by atoms with Crippen molar-refractivity contribution in [1.29, 1.82) is 0 Å². The number of allylic oxidation sites excluding steroid dienone is 2. The third-order valence-corrected chi connectivity index (χ3v) is 2.64. The smallest absolute Gasteiger partial charge is 0.225 e. The number of nitrogens with one attached hydrogen (secondary N) is 1. The first kappa shape index (κ1) is 16.5. The Balaban J connectivity index is 5.37. The number of aliphatic hydroxyl groups is 1. The lowest BCUT2D eigenvalue weighted by Gasteiger charge is -2.24. The Morgan fingerprint density at radius 2 is 2.11 bits per heavy atom. The highest BCUT2D eigenvalue weighted by molar-refractivity contribution is 6.07. The van der Waals surface area contributed by atoms with Crippen LogP contribution in [0.2, 0.25) is 0 Å². The van der Waals surface area contributed by atoms with Gasteiger partial charge in [-0.25, -0.2) is 0 Å². The summed E-state index contributed by atoms with van der Waals surface area (Å²) in [7, 11) is 3.43. The van der Waals surface area contributed by atoms with Crippen LogP contribution in [0.25, 0.3) is 0 Å². The third kappa shape index (κ3) is 4.43. The second-order valence-electron chi connectivity index (χ2n) is 3.85. The number of likely N-dealkylation sites (N-methyl/N-ethyl adjacent to an activating group) is 1. The molecule has 0 rings (SSSR count). The summed E-state index contributed by atoms with van der Waals surface area (Å²) < 4.78 is 0. The Hall–Kier alpha value is -1.46. The summed E-state index contributed by atoms with van der Waals surface area (Å²) in [4.78, 5) is 17.4. The van der Waals surface area contributed by atoms with Crippen molar-refractivity contribution in [3.05, 3.63) is 23.8 Å². The molecule has 0 aliphatic rings. The van der Waals surface area contributed by atoms with Crippen LogP contribution < -0.4 is 5.32 Å². The van der Waals surface area contributed by atoms with Crippen LogP contribution in [0, 0.1) is 0 Å². The van der Waals surface area contributed by atoms with Crippen molar-refractivity contribution >= 4 is 11.7 Å². The number of hydrogen-bond acceptors (Lipinski definition) is 4. The van der Waals surface area contributed by atoms with Crippen molar-refractivity contribution in [3.8, 4) is 0 Å². The first-order valence-electron chi connectivity index (χ1n) is 5.86. The topological polar surface area (TPSA) is 64.9 Å². The molecule has 0 aromatic rings. The predicted octanol–water partition coefficient (Wildman–Crippen LogP) is 0.577. The molecule has 0 saturated carbocycles. The lowest BCUT2D eigenvalue weighted by molar-refractivity contribution is -0.125. The van der Waals surface area contributed by atoms with Gasteiger partial charge in [0, 0.05) is 32.6 Å². The number of hydrogen-bond donors (Lipinski definition) is 2. The Morgan fingerprint density at radius 1 is 1.50 bits per heavy atom. The number of carbonyl (C=O) groups excluding carboxylic acids is 1. The molecule has 0 aromatic carbocycles. The summed E-state index contributed by atoms with van der Waals surface area (Å²) in [6.07, 6.45) is 1.65. The predicted molar refractivity (Wildman–Crippen MR) is 74.7 cm³/mol. The van der Waals surface area contributed by atoms with Crippen LogP contribution in [-0.4, -0.2) is 55.5 Å². The molecule has 5 nitrogen and oxygen atoms in total. The van der Waals surface area contributed by atoms with Crippen molar-refractivity contribution in [2.45, 2.75) is 13.8 Å². The van der Waals surface area contributed by atoms with E-state index in [1.54, 1.807) is 18.0 Å². The minimum absolute atomic E-state index is 0.103. The molecule has 0 aromatic heterocycles. The molecule has 0 atom stereocenters. The number of rotatable bonds is 6. The van der Waals surface area contributed by atoms with Crippen LogP contribution in [0.4, 0.5) is 0 Å². The molecule has 0 heterocycles. The van der Waals surface area contributed by atoms with Crippen molar-refractivity contribution in [2.75, 3.05) is 33.8 Å². The summed E-state index contributed by atoms with van der Waals surface area (Å²) >= 11 is 0. The number of amidine groups is 1. The van der Waals surface area contributed by atoms with Gasteiger partial charge in [-0.15, -0.1) is 0 Å². The monoisotopic (exact) mass is 253 g/mol. The molecular weight excluding hydrogens is 230 g/mol. The van der Waals surface area contributed by atoms with E-state index in [4.69, 9.17) is 0 Å². The van der Waals surface area contributed by atoms with Crippen LogP contribution in [0.1, 0.15) is 13.8 Å². The molecule has 0 aliphatic carbocycles. The molecule has 2 N–H and O–H groups in total. The number of nitrogens with zero attached hydrogens (tertiary/aromatic N) is 2. The summed E-state index contributed by atoms with van der Waals surface area (Å²) in [6.45, 7) is 7.98. The zero-order valence-corrected chi connectivity index (χ0v) is 11.7. The average molecular weight is 253 g/mol. The second kappa shape index (κ2) is 8.60. The molecule has 0 saturated heterocycles. The van der Waals surface area contributed by atoms with E-state index >= 15 is 0 Å². The Labute approximate surface area is 109 Å². The van der Waals surface area contributed by atoms with E-state index in [9.17, 15) is 9.90 Å². The average Bonchev–Trinajstić information content (AvgIpc) is 2.36. The maximum atomic E-state index is 11.7. The Bertz CT molecular complexity index is 359. The quantitative estimate of drug-likeness (QED) is 0.413. The van der Waals surface area contributed by atoms with Crippen LogP contribution >= 0.6 is 0 Å². The summed E-state index contributed by atoms with van der Waals surface area (Å²) in [6, 6.07) is 0. The molecule has 0 aliphatic heterocycles. The van der Waals surface area contributed by atoms with Gasteiger partial charge in [0.05, 0.1) is 6.61 Å². The van der Waals surface area contributed by atoms with Gasteiger partial charge in [0.1, 0.15) is 5.84 Å². The highest BCUT2D eigenvalue weighted by atomic mass is 16.3. The van der Waals surface area contributed by atoms with E-state index in [-0.39, 0.29) is 12.5 Å². The van der Waals surface area contributed by atoms with Crippen LogP contribution in [0.15, 0.2) is 28.8 Å².